The van der Waals surface area contributed by atoms with Crippen molar-refractivity contribution in [3.05, 3.63) is 54.6 Å². The molecule has 0 spiro atoms. The molecular formula is C21H19N7O. The highest BCUT2D eigenvalue weighted by Gasteiger charge is 2.19. The lowest BCUT2D eigenvalue weighted by molar-refractivity contribution is 0.0939. The Hall–Kier alpha value is -3.99. The third-order valence-corrected chi connectivity index (χ3v) is 4.55. The lowest BCUT2D eigenvalue weighted by Gasteiger charge is -2.15. The maximum absolute atomic E-state index is 12.4. The van der Waals surface area contributed by atoms with E-state index in [-0.39, 0.29) is 12.5 Å². The molecule has 0 bridgehead atoms. The Morgan fingerprint density at radius 2 is 2.10 bits per heavy atom. The molecule has 29 heavy (non-hydrogen) atoms. The standard InChI is InChI=1S/C21H19N7O/c1-21(2,11-22)12-24-20(29)17-5-3-4-16(27-17)14-6-13-7-18(15-9-25-26-10-15)28-19(13)23-8-14/h3-10H,12H2,1-2H3,(H,23,28)(H,24,29)(H,25,26). The summed E-state index contributed by atoms with van der Waals surface area (Å²) < 4.78 is 0. The van der Waals surface area contributed by atoms with E-state index in [0.29, 0.717) is 11.4 Å². The number of carbonyl (C=O) groups excluding carboxylic acids is 1. The molecule has 4 heterocycles. The van der Waals surface area contributed by atoms with Crippen LogP contribution in [0.4, 0.5) is 0 Å². The molecular weight excluding hydrogens is 366 g/mol. The molecule has 0 aliphatic heterocycles. The van der Waals surface area contributed by atoms with Gasteiger partial charge in [-0.3, -0.25) is 9.89 Å². The van der Waals surface area contributed by atoms with Crippen molar-refractivity contribution in [2.75, 3.05) is 6.54 Å². The van der Waals surface area contributed by atoms with E-state index >= 15 is 0 Å². The number of nitriles is 1. The predicted molar refractivity (Wildman–Crippen MR) is 109 cm³/mol. The Kier molecular flexibility index (Phi) is 4.56. The second-order valence-electron chi connectivity index (χ2n) is 7.42. The van der Waals surface area contributed by atoms with Crippen LogP contribution in [0.5, 0.6) is 0 Å². The Morgan fingerprint density at radius 1 is 1.24 bits per heavy atom. The number of fused-ring (bicyclic) bond motifs is 1. The molecule has 0 saturated carbocycles. The first-order chi connectivity index (χ1) is 13.9. The molecule has 0 atom stereocenters. The lowest BCUT2D eigenvalue weighted by atomic mass is 9.96. The third-order valence-electron chi connectivity index (χ3n) is 4.55. The number of H-pyrrole nitrogens is 2. The van der Waals surface area contributed by atoms with Crippen LogP contribution in [0.1, 0.15) is 24.3 Å². The average molecular weight is 385 g/mol. The summed E-state index contributed by atoms with van der Waals surface area (Å²) in [4.78, 5) is 24.6. The average Bonchev–Trinajstić information content (AvgIpc) is 3.41. The molecule has 0 fully saturated rings. The SMILES string of the molecule is CC(C)(C#N)CNC(=O)c1cccc(-c2cnc3[nH]c(-c4cn[nH]c4)cc3c2)n1. The molecule has 3 N–H and O–H groups in total. The second-order valence-corrected chi connectivity index (χ2v) is 7.42. The van der Waals surface area contributed by atoms with E-state index in [0.717, 1.165) is 27.9 Å². The fraction of sp³-hybridized carbons (Fsp3) is 0.190. The number of nitrogens with zero attached hydrogens (tertiary/aromatic N) is 4. The fourth-order valence-corrected chi connectivity index (χ4v) is 2.86. The van der Waals surface area contributed by atoms with E-state index in [4.69, 9.17) is 5.26 Å². The number of aromatic nitrogens is 5. The molecule has 0 aliphatic rings. The zero-order valence-corrected chi connectivity index (χ0v) is 16.0. The first-order valence-electron chi connectivity index (χ1n) is 9.10. The van der Waals surface area contributed by atoms with E-state index in [1.54, 1.807) is 38.4 Å². The second kappa shape index (κ2) is 7.20. The number of amides is 1. The Morgan fingerprint density at radius 3 is 2.86 bits per heavy atom. The van der Waals surface area contributed by atoms with Crippen molar-refractivity contribution in [3.63, 3.8) is 0 Å². The molecule has 0 radical (unpaired) electrons. The van der Waals surface area contributed by atoms with Gasteiger partial charge in [0.15, 0.2) is 0 Å². The number of pyridine rings is 2. The van der Waals surface area contributed by atoms with Crippen LogP contribution < -0.4 is 5.32 Å². The van der Waals surface area contributed by atoms with Gasteiger partial charge in [-0.1, -0.05) is 6.07 Å². The Balaban J connectivity index is 1.60. The van der Waals surface area contributed by atoms with Gasteiger partial charge in [0.1, 0.15) is 11.3 Å². The van der Waals surface area contributed by atoms with Gasteiger partial charge in [0.2, 0.25) is 0 Å². The topological polar surface area (TPSA) is 123 Å². The maximum atomic E-state index is 12.4. The number of rotatable bonds is 5. The van der Waals surface area contributed by atoms with Crippen LogP contribution >= 0.6 is 0 Å². The molecule has 4 aromatic rings. The summed E-state index contributed by atoms with van der Waals surface area (Å²) in [6.07, 6.45) is 5.27. The molecule has 4 aromatic heterocycles. The van der Waals surface area contributed by atoms with Crippen LogP contribution in [-0.4, -0.2) is 37.6 Å². The summed E-state index contributed by atoms with van der Waals surface area (Å²) in [5.74, 6) is -0.312. The number of nitrogens with one attached hydrogen (secondary N) is 3. The van der Waals surface area contributed by atoms with Crippen molar-refractivity contribution in [1.82, 2.24) is 30.5 Å². The smallest absolute Gasteiger partial charge is 0.269 e. The van der Waals surface area contributed by atoms with E-state index in [1.165, 1.54) is 0 Å². The van der Waals surface area contributed by atoms with E-state index in [1.807, 2.05) is 24.4 Å². The summed E-state index contributed by atoms with van der Waals surface area (Å²) in [7, 11) is 0. The van der Waals surface area contributed by atoms with Gasteiger partial charge in [-0.25, -0.2) is 9.97 Å². The fourth-order valence-electron chi connectivity index (χ4n) is 2.86. The van der Waals surface area contributed by atoms with Crippen molar-refractivity contribution in [2.45, 2.75) is 13.8 Å². The highest BCUT2D eigenvalue weighted by molar-refractivity contribution is 5.93. The summed E-state index contributed by atoms with van der Waals surface area (Å²) in [6.45, 7) is 3.79. The third kappa shape index (κ3) is 3.84. The zero-order chi connectivity index (χ0) is 20.4. The Bertz CT molecular complexity index is 1220. The minimum atomic E-state index is -0.636. The predicted octanol–water partition coefficient (Wildman–Crippen LogP) is 3.29. The molecule has 8 nitrogen and oxygen atoms in total. The normalized spacial score (nSPS) is 11.3. The van der Waals surface area contributed by atoms with Gasteiger partial charge >= 0.3 is 0 Å². The van der Waals surface area contributed by atoms with Crippen LogP contribution in [-0.2, 0) is 0 Å². The van der Waals surface area contributed by atoms with Gasteiger partial charge in [-0.05, 0) is 38.1 Å². The van der Waals surface area contributed by atoms with Crippen molar-refractivity contribution in [1.29, 1.82) is 5.26 Å². The van der Waals surface area contributed by atoms with Gasteiger partial charge in [0.05, 0.1) is 29.1 Å². The molecule has 4 rings (SSSR count). The van der Waals surface area contributed by atoms with E-state index in [2.05, 4.69) is 36.5 Å². The first-order valence-corrected chi connectivity index (χ1v) is 9.10. The molecule has 144 valence electrons. The Labute approximate surface area is 167 Å². The van der Waals surface area contributed by atoms with Crippen molar-refractivity contribution in [3.8, 4) is 28.6 Å². The molecule has 8 heteroatoms. The van der Waals surface area contributed by atoms with Crippen molar-refractivity contribution >= 4 is 16.9 Å². The highest BCUT2D eigenvalue weighted by Crippen LogP contribution is 2.26. The van der Waals surface area contributed by atoms with Crippen LogP contribution in [0.2, 0.25) is 0 Å². The largest absolute Gasteiger partial charge is 0.349 e. The van der Waals surface area contributed by atoms with E-state index in [9.17, 15) is 4.79 Å². The highest BCUT2D eigenvalue weighted by atomic mass is 16.1. The quantitative estimate of drug-likeness (QED) is 0.486. The van der Waals surface area contributed by atoms with Gasteiger partial charge in [0.25, 0.3) is 5.91 Å². The first kappa shape index (κ1) is 18.4. The van der Waals surface area contributed by atoms with Crippen LogP contribution in [0.15, 0.2) is 48.9 Å². The molecule has 0 aromatic carbocycles. The van der Waals surface area contributed by atoms with Gasteiger partial charge < -0.3 is 10.3 Å². The molecule has 0 unspecified atom stereocenters. The summed E-state index contributed by atoms with van der Waals surface area (Å²) in [6, 6.07) is 11.4. The van der Waals surface area contributed by atoms with Crippen LogP contribution in [0.25, 0.3) is 33.5 Å². The monoisotopic (exact) mass is 385 g/mol. The van der Waals surface area contributed by atoms with Crippen LogP contribution in [0.3, 0.4) is 0 Å². The summed E-state index contributed by atoms with van der Waals surface area (Å²) in [5, 5.41) is 19.5. The number of hydrogen-bond acceptors (Lipinski definition) is 5. The number of aromatic amines is 2. The van der Waals surface area contributed by atoms with Crippen LogP contribution in [0, 0.1) is 16.7 Å². The minimum absolute atomic E-state index is 0.252. The maximum Gasteiger partial charge on any atom is 0.269 e. The lowest BCUT2D eigenvalue weighted by Crippen LogP contribution is -2.33. The van der Waals surface area contributed by atoms with Crippen molar-refractivity contribution < 1.29 is 4.79 Å². The number of hydrogen-bond donors (Lipinski definition) is 3. The van der Waals surface area contributed by atoms with Crippen molar-refractivity contribution in [2.24, 2.45) is 5.41 Å². The molecule has 1 amide bonds. The molecule has 0 aliphatic carbocycles. The van der Waals surface area contributed by atoms with Gasteiger partial charge in [0, 0.05) is 35.5 Å². The van der Waals surface area contributed by atoms with Gasteiger partial charge in [-0.2, -0.15) is 10.4 Å². The molecule has 0 saturated heterocycles. The van der Waals surface area contributed by atoms with E-state index < -0.39 is 5.41 Å². The minimum Gasteiger partial charge on any atom is -0.349 e. The summed E-state index contributed by atoms with van der Waals surface area (Å²) in [5.41, 5.74) is 3.74. The number of carbonyl (C=O) groups is 1. The van der Waals surface area contributed by atoms with Gasteiger partial charge in [-0.15, -0.1) is 0 Å². The zero-order valence-electron chi connectivity index (χ0n) is 16.0. The summed E-state index contributed by atoms with van der Waals surface area (Å²) >= 11 is 0.